The van der Waals surface area contributed by atoms with Crippen molar-refractivity contribution in [2.24, 2.45) is 0 Å². The van der Waals surface area contributed by atoms with E-state index in [4.69, 9.17) is 11.6 Å². The third kappa shape index (κ3) is 3.00. The minimum atomic E-state index is -0.535. The summed E-state index contributed by atoms with van der Waals surface area (Å²) in [5, 5.41) is 10.9. The first kappa shape index (κ1) is 16.1. The van der Waals surface area contributed by atoms with Crippen molar-refractivity contribution in [1.29, 1.82) is 0 Å². The van der Waals surface area contributed by atoms with Gasteiger partial charge in [0.25, 0.3) is 5.91 Å². The summed E-state index contributed by atoms with van der Waals surface area (Å²) < 4.78 is 15.2. The predicted molar refractivity (Wildman–Crippen MR) is 90.2 cm³/mol. The fourth-order valence-electron chi connectivity index (χ4n) is 2.30. The summed E-state index contributed by atoms with van der Waals surface area (Å²) in [6, 6.07) is 11.4. The summed E-state index contributed by atoms with van der Waals surface area (Å²) in [4.78, 5) is 12.4. The molecule has 0 saturated heterocycles. The van der Waals surface area contributed by atoms with E-state index in [1.165, 1.54) is 16.8 Å². The lowest BCUT2D eigenvalue weighted by Gasteiger charge is -2.08. The number of rotatable bonds is 3. The van der Waals surface area contributed by atoms with Gasteiger partial charge in [-0.25, -0.2) is 9.07 Å². The van der Waals surface area contributed by atoms with Gasteiger partial charge in [-0.15, -0.1) is 5.10 Å². The number of nitrogens with one attached hydrogen (secondary N) is 1. The van der Waals surface area contributed by atoms with Crippen molar-refractivity contribution in [2.75, 3.05) is 5.32 Å². The molecule has 0 bridgehead atoms. The van der Waals surface area contributed by atoms with Crippen LogP contribution >= 0.6 is 11.6 Å². The molecule has 7 heteroatoms. The monoisotopic (exact) mass is 344 g/mol. The molecule has 2 aromatic carbocycles. The molecule has 122 valence electrons. The van der Waals surface area contributed by atoms with Gasteiger partial charge in [-0.2, -0.15) is 0 Å². The second-order valence-electron chi connectivity index (χ2n) is 5.32. The van der Waals surface area contributed by atoms with E-state index in [9.17, 15) is 9.18 Å². The molecule has 0 aliphatic carbocycles. The summed E-state index contributed by atoms with van der Waals surface area (Å²) in [5.74, 6) is -1.05. The van der Waals surface area contributed by atoms with E-state index in [0.717, 1.165) is 5.56 Å². The smallest absolute Gasteiger partial charge is 0.278 e. The maximum Gasteiger partial charge on any atom is 0.278 e. The number of benzene rings is 2. The Kier molecular flexibility index (Phi) is 4.31. The van der Waals surface area contributed by atoms with Gasteiger partial charge >= 0.3 is 0 Å². The second kappa shape index (κ2) is 6.41. The van der Waals surface area contributed by atoms with Crippen LogP contribution in [0.5, 0.6) is 0 Å². The zero-order chi connectivity index (χ0) is 17.3. The first-order valence-corrected chi connectivity index (χ1v) is 7.60. The molecule has 0 aliphatic heterocycles. The first-order valence-electron chi connectivity index (χ1n) is 7.22. The number of halogens is 2. The molecule has 3 aromatic rings. The Bertz CT molecular complexity index is 923. The molecule has 0 aliphatic rings. The minimum absolute atomic E-state index is 0.0880. The van der Waals surface area contributed by atoms with Crippen molar-refractivity contribution < 1.29 is 9.18 Å². The summed E-state index contributed by atoms with van der Waals surface area (Å²) >= 11 is 6.20. The fraction of sp³-hybridized carbons (Fsp3) is 0.118. The first-order chi connectivity index (χ1) is 11.5. The van der Waals surface area contributed by atoms with Crippen molar-refractivity contribution in [1.82, 2.24) is 15.0 Å². The zero-order valence-electron chi connectivity index (χ0n) is 13.0. The van der Waals surface area contributed by atoms with Crippen LogP contribution in [-0.4, -0.2) is 20.9 Å². The Morgan fingerprint density at radius 1 is 1.21 bits per heavy atom. The molecule has 0 spiro atoms. The second-order valence-corrected chi connectivity index (χ2v) is 5.73. The van der Waals surface area contributed by atoms with E-state index >= 15 is 0 Å². The van der Waals surface area contributed by atoms with Gasteiger partial charge in [0.1, 0.15) is 5.82 Å². The number of nitrogens with zero attached hydrogens (tertiary/aromatic N) is 3. The third-order valence-corrected chi connectivity index (χ3v) is 3.88. The average Bonchev–Trinajstić information content (AvgIpc) is 2.93. The molecule has 24 heavy (non-hydrogen) atoms. The maximum atomic E-state index is 13.7. The number of aromatic nitrogens is 3. The average molecular weight is 345 g/mol. The highest BCUT2D eigenvalue weighted by atomic mass is 35.5. The SMILES string of the molecule is Cc1ccc(Cl)c(-n2nnc(C(=O)Nc3ccccc3F)c2C)c1. The highest BCUT2D eigenvalue weighted by Gasteiger charge is 2.19. The molecule has 1 heterocycles. The number of amides is 1. The van der Waals surface area contributed by atoms with Crippen LogP contribution in [0, 0.1) is 19.7 Å². The Hall–Kier alpha value is -2.73. The van der Waals surface area contributed by atoms with Crippen LogP contribution in [-0.2, 0) is 0 Å². The van der Waals surface area contributed by atoms with Gasteiger partial charge in [0.05, 0.1) is 22.1 Å². The van der Waals surface area contributed by atoms with Crippen molar-refractivity contribution in [3.05, 3.63) is 70.3 Å². The molecule has 5 nitrogen and oxygen atoms in total. The Morgan fingerprint density at radius 3 is 2.71 bits per heavy atom. The van der Waals surface area contributed by atoms with Gasteiger partial charge in [0.2, 0.25) is 0 Å². The minimum Gasteiger partial charge on any atom is -0.318 e. The van der Waals surface area contributed by atoms with Gasteiger partial charge < -0.3 is 5.32 Å². The van der Waals surface area contributed by atoms with E-state index in [2.05, 4.69) is 15.6 Å². The highest BCUT2D eigenvalue weighted by molar-refractivity contribution is 6.32. The van der Waals surface area contributed by atoms with Crippen LogP contribution in [0.25, 0.3) is 5.69 Å². The van der Waals surface area contributed by atoms with E-state index in [1.54, 1.807) is 25.1 Å². The van der Waals surface area contributed by atoms with Crippen molar-refractivity contribution in [2.45, 2.75) is 13.8 Å². The normalized spacial score (nSPS) is 10.7. The summed E-state index contributed by atoms with van der Waals surface area (Å²) in [6.45, 7) is 3.63. The van der Waals surface area contributed by atoms with Crippen LogP contribution in [0.3, 0.4) is 0 Å². The van der Waals surface area contributed by atoms with Gasteiger partial charge in [-0.05, 0) is 43.7 Å². The van der Waals surface area contributed by atoms with Gasteiger partial charge in [-0.1, -0.05) is 35.0 Å². The number of anilines is 1. The summed E-state index contributed by atoms with van der Waals surface area (Å²) in [6.07, 6.45) is 0. The molecule has 0 atom stereocenters. The van der Waals surface area contributed by atoms with Crippen molar-refractivity contribution in [3.63, 3.8) is 0 Å². The predicted octanol–water partition coefficient (Wildman–Crippen LogP) is 3.93. The number of para-hydroxylation sites is 1. The van der Waals surface area contributed by atoms with E-state index in [0.29, 0.717) is 16.4 Å². The number of hydrogen-bond donors (Lipinski definition) is 1. The molecule has 1 amide bonds. The molecule has 3 rings (SSSR count). The molecule has 0 saturated carbocycles. The largest absolute Gasteiger partial charge is 0.318 e. The van der Waals surface area contributed by atoms with E-state index in [1.807, 2.05) is 19.1 Å². The number of aryl methyl sites for hydroxylation is 1. The van der Waals surface area contributed by atoms with Crippen LogP contribution in [0.1, 0.15) is 21.7 Å². The van der Waals surface area contributed by atoms with Crippen LogP contribution < -0.4 is 5.32 Å². The molecule has 1 aromatic heterocycles. The highest BCUT2D eigenvalue weighted by Crippen LogP contribution is 2.23. The van der Waals surface area contributed by atoms with Crippen LogP contribution in [0.2, 0.25) is 5.02 Å². The lowest BCUT2D eigenvalue weighted by atomic mass is 10.2. The van der Waals surface area contributed by atoms with Crippen molar-refractivity contribution in [3.8, 4) is 5.69 Å². The summed E-state index contributed by atoms with van der Waals surface area (Å²) in [7, 11) is 0. The van der Waals surface area contributed by atoms with Gasteiger partial charge in [-0.3, -0.25) is 4.79 Å². The number of hydrogen-bond acceptors (Lipinski definition) is 3. The fourth-order valence-corrected chi connectivity index (χ4v) is 2.49. The summed E-state index contributed by atoms with van der Waals surface area (Å²) in [5.41, 5.74) is 2.34. The van der Waals surface area contributed by atoms with E-state index < -0.39 is 11.7 Å². The number of carbonyl (C=O) groups is 1. The Morgan fingerprint density at radius 2 is 1.96 bits per heavy atom. The molecular weight excluding hydrogens is 331 g/mol. The van der Waals surface area contributed by atoms with Gasteiger partial charge in [0.15, 0.2) is 5.69 Å². The molecule has 1 N–H and O–H groups in total. The zero-order valence-corrected chi connectivity index (χ0v) is 13.8. The molecule has 0 radical (unpaired) electrons. The lowest BCUT2D eigenvalue weighted by molar-refractivity contribution is 0.102. The van der Waals surface area contributed by atoms with Crippen molar-refractivity contribution >= 4 is 23.2 Å². The van der Waals surface area contributed by atoms with Crippen LogP contribution in [0.4, 0.5) is 10.1 Å². The molecular formula is C17H14ClFN4O. The molecule has 0 fully saturated rings. The quantitative estimate of drug-likeness (QED) is 0.783. The lowest BCUT2D eigenvalue weighted by Crippen LogP contribution is -2.15. The topological polar surface area (TPSA) is 59.8 Å². The van der Waals surface area contributed by atoms with Crippen LogP contribution in [0.15, 0.2) is 42.5 Å². The molecule has 0 unspecified atom stereocenters. The Labute approximate surface area is 143 Å². The maximum absolute atomic E-state index is 13.7. The van der Waals surface area contributed by atoms with Gasteiger partial charge in [0, 0.05) is 0 Å². The third-order valence-electron chi connectivity index (χ3n) is 3.56. The van der Waals surface area contributed by atoms with E-state index in [-0.39, 0.29) is 11.4 Å². The standard InChI is InChI=1S/C17H14ClFN4O/c1-10-7-8-12(18)15(9-10)23-11(2)16(21-22-23)17(24)20-14-6-4-3-5-13(14)19/h3-9H,1-2H3,(H,20,24). The number of carbonyl (C=O) groups excluding carboxylic acids is 1. The Balaban J connectivity index is 1.94.